The van der Waals surface area contributed by atoms with E-state index in [0.29, 0.717) is 12.8 Å². The van der Waals surface area contributed by atoms with Crippen LogP contribution >= 0.6 is 0 Å². The van der Waals surface area contributed by atoms with Crippen LogP contribution in [-0.2, 0) is 4.74 Å². The Bertz CT molecular complexity index is 454. The lowest BCUT2D eigenvalue weighted by Gasteiger charge is -2.39. The summed E-state index contributed by atoms with van der Waals surface area (Å²) >= 11 is 0. The Kier molecular flexibility index (Phi) is 16.0. The first-order valence-corrected chi connectivity index (χ1v) is 13.1. The van der Waals surface area contributed by atoms with Crippen LogP contribution in [0.25, 0.3) is 0 Å². The molecule has 1 saturated carbocycles. The Balaban J connectivity index is 2.08. The summed E-state index contributed by atoms with van der Waals surface area (Å²) in [5.41, 5.74) is 5.99. The molecule has 1 aliphatic rings. The minimum absolute atomic E-state index is 0.0338. The summed E-state index contributed by atoms with van der Waals surface area (Å²) in [4.78, 5) is 0. The summed E-state index contributed by atoms with van der Waals surface area (Å²) in [7, 11) is 0. The van der Waals surface area contributed by atoms with Crippen molar-refractivity contribution >= 4 is 0 Å². The van der Waals surface area contributed by atoms with Gasteiger partial charge in [-0.3, -0.25) is 0 Å². The van der Waals surface area contributed by atoms with Gasteiger partial charge in [-0.05, 0) is 18.8 Å². The lowest BCUT2D eigenvalue weighted by Crippen LogP contribution is -2.55. The van der Waals surface area contributed by atoms with Crippen LogP contribution in [0.2, 0.25) is 0 Å². The number of hydrogen-bond acceptors (Lipinski definition) is 7. The van der Waals surface area contributed by atoms with Gasteiger partial charge < -0.3 is 36.0 Å². The van der Waals surface area contributed by atoms with Gasteiger partial charge in [0.05, 0.1) is 37.1 Å². The van der Waals surface area contributed by atoms with E-state index in [2.05, 4.69) is 6.92 Å². The van der Waals surface area contributed by atoms with Crippen LogP contribution in [0, 0.1) is 5.92 Å². The second-order valence-corrected chi connectivity index (χ2v) is 9.96. The number of nitrogens with two attached hydrogens (primary N) is 1. The van der Waals surface area contributed by atoms with E-state index < -0.39 is 42.7 Å². The standard InChI is InChI=1S/C25H51NO6/c1-3-4-5-6-7-8-9-10-11-12-13-14-15-20(27)23(29)19(26)17-32-21-16-18(2)22(28)25(31)24(21)30/h18-25,27-31H,3-17,26H2,1-2H3/t18?,19-,20+,21+,22-,23-,24?,25-/m0/s1. The SMILES string of the molecule is CCCCCCCCCCCCCC[C@@H](O)[C@@H](O)[C@@H](N)CO[C@@H]1CC(C)[C@H](O)[C@H](O)C1O. The van der Waals surface area contributed by atoms with Gasteiger partial charge in [-0.1, -0.05) is 90.9 Å². The van der Waals surface area contributed by atoms with E-state index in [4.69, 9.17) is 10.5 Å². The van der Waals surface area contributed by atoms with Crippen molar-refractivity contribution in [1.29, 1.82) is 0 Å². The van der Waals surface area contributed by atoms with Crippen molar-refractivity contribution in [2.24, 2.45) is 11.7 Å². The van der Waals surface area contributed by atoms with Gasteiger partial charge in [0.15, 0.2) is 0 Å². The highest BCUT2D eigenvalue weighted by Crippen LogP contribution is 2.27. The molecule has 0 heterocycles. The Morgan fingerprint density at radius 2 is 1.28 bits per heavy atom. The van der Waals surface area contributed by atoms with Gasteiger partial charge in [0.1, 0.15) is 12.2 Å². The zero-order valence-electron chi connectivity index (χ0n) is 20.4. The fourth-order valence-corrected chi connectivity index (χ4v) is 4.55. The molecule has 0 radical (unpaired) electrons. The molecule has 0 aromatic carbocycles. The van der Waals surface area contributed by atoms with Gasteiger partial charge in [0, 0.05) is 0 Å². The number of aliphatic hydroxyl groups excluding tert-OH is 5. The zero-order chi connectivity index (χ0) is 23.9. The molecule has 7 N–H and O–H groups in total. The summed E-state index contributed by atoms with van der Waals surface area (Å²) in [5, 5.41) is 50.3. The molecule has 2 unspecified atom stereocenters. The average molecular weight is 462 g/mol. The van der Waals surface area contributed by atoms with Crippen LogP contribution in [0.3, 0.4) is 0 Å². The molecule has 7 heteroatoms. The van der Waals surface area contributed by atoms with Crippen molar-refractivity contribution in [3.63, 3.8) is 0 Å². The quantitative estimate of drug-likeness (QED) is 0.173. The molecule has 32 heavy (non-hydrogen) atoms. The molecule has 0 aromatic rings. The van der Waals surface area contributed by atoms with Gasteiger partial charge in [0.2, 0.25) is 0 Å². The van der Waals surface area contributed by atoms with Crippen LogP contribution in [0.15, 0.2) is 0 Å². The zero-order valence-corrected chi connectivity index (χ0v) is 20.4. The number of rotatable bonds is 18. The minimum Gasteiger partial charge on any atom is -0.390 e. The summed E-state index contributed by atoms with van der Waals surface area (Å²) in [5.74, 6) is -0.212. The second-order valence-electron chi connectivity index (χ2n) is 9.96. The van der Waals surface area contributed by atoms with Crippen LogP contribution in [0.1, 0.15) is 104 Å². The predicted molar refractivity (Wildman–Crippen MR) is 127 cm³/mol. The normalized spacial score (nSPS) is 29.1. The average Bonchev–Trinajstić information content (AvgIpc) is 2.78. The highest BCUT2D eigenvalue weighted by Gasteiger charge is 2.41. The van der Waals surface area contributed by atoms with Gasteiger partial charge in [0.25, 0.3) is 0 Å². The maximum absolute atomic E-state index is 10.3. The number of ether oxygens (including phenoxy) is 1. The van der Waals surface area contributed by atoms with E-state index in [1.165, 1.54) is 57.8 Å². The first kappa shape index (κ1) is 29.8. The summed E-state index contributed by atoms with van der Waals surface area (Å²) in [6.45, 7) is 3.99. The van der Waals surface area contributed by atoms with Crippen molar-refractivity contribution in [2.75, 3.05) is 6.61 Å². The predicted octanol–water partition coefficient (Wildman–Crippen LogP) is 2.63. The summed E-state index contributed by atoms with van der Waals surface area (Å²) < 4.78 is 5.62. The Labute approximate surface area is 195 Å². The molecule has 0 aromatic heterocycles. The molecule has 1 aliphatic carbocycles. The summed E-state index contributed by atoms with van der Waals surface area (Å²) in [6, 6.07) is -0.783. The van der Waals surface area contributed by atoms with Gasteiger partial charge in [-0.2, -0.15) is 0 Å². The van der Waals surface area contributed by atoms with Crippen molar-refractivity contribution in [2.45, 2.75) is 146 Å². The molecule has 0 aliphatic heterocycles. The molecule has 1 fully saturated rings. The van der Waals surface area contributed by atoms with Gasteiger partial charge in [-0.25, -0.2) is 0 Å². The van der Waals surface area contributed by atoms with E-state index in [9.17, 15) is 25.5 Å². The van der Waals surface area contributed by atoms with Gasteiger partial charge in [-0.15, -0.1) is 0 Å². The smallest absolute Gasteiger partial charge is 0.109 e. The highest BCUT2D eigenvalue weighted by atomic mass is 16.5. The molecule has 0 saturated heterocycles. The Morgan fingerprint density at radius 1 is 0.781 bits per heavy atom. The molecule has 192 valence electrons. The molecule has 0 bridgehead atoms. The molecule has 0 amide bonds. The van der Waals surface area contributed by atoms with E-state index in [0.717, 1.165) is 19.3 Å². The first-order valence-electron chi connectivity index (χ1n) is 13.1. The first-order chi connectivity index (χ1) is 15.3. The van der Waals surface area contributed by atoms with Crippen LogP contribution in [0.4, 0.5) is 0 Å². The maximum Gasteiger partial charge on any atom is 0.109 e. The van der Waals surface area contributed by atoms with Crippen molar-refractivity contribution in [3.8, 4) is 0 Å². The fourth-order valence-electron chi connectivity index (χ4n) is 4.55. The number of hydrogen-bond donors (Lipinski definition) is 6. The van der Waals surface area contributed by atoms with Crippen molar-refractivity contribution in [3.05, 3.63) is 0 Å². The van der Waals surface area contributed by atoms with Crippen molar-refractivity contribution in [1.82, 2.24) is 0 Å². The van der Waals surface area contributed by atoms with Crippen molar-refractivity contribution < 1.29 is 30.3 Å². The third-order valence-corrected chi connectivity index (χ3v) is 6.96. The van der Waals surface area contributed by atoms with E-state index in [-0.39, 0.29) is 12.5 Å². The molecule has 1 rings (SSSR count). The fraction of sp³-hybridized carbons (Fsp3) is 1.00. The van der Waals surface area contributed by atoms with Crippen LogP contribution in [-0.4, -0.2) is 74.8 Å². The maximum atomic E-state index is 10.3. The van der Waals surface area contributed by atoms with Gasteiger partial charge >= 0.3 is 0 Å². The highest BCUT2D eigenvalue weighted by molar-refractivity contribution is 4.92. The molecular weight excluding hydrogens is 410 g/mol. The Hall–Kier alpha value is -0.280. The number of unbranched alkanes of at least 4 members (excludes halogenated alkanes) is 11. The number of aliphatic hydroxyl groups is 5. The molecule has 0 spiro atoms. The van der Waals surface area contributed by atoms with E-state index >= 15 is 0 Å². The molecule has 7 nitrogen and oxygen atoms in total. The topological polar surface area (TPSA) is 136 Å². The largest absolute Gasteiger partial charge is 0.390 e. The van der Waals surface area contributed by atoms with E-state index in [1.54, 1.807) is 6.92 Å². The minimum atomic E-state index is -1.26. The molecular formula is C25H51NO6. The lowest BCUT2D eigenvalue weighted by atomic mass is 9.82. The van der Waals surface area contributed by atoms with Crippen LogP contribution in [0.5, 0.6) is 0 Å². The van der Waals surface area contributed by atoms with Crippen LogP contribution < -0.4 is 5.73 Å². The monoisotopic (exact) mass is 461 g/mol. The molecule has 8 atom stereocenters. The third kappa shape index (κ3) is 11.2. The Morgan fingerprint density at radius 3 is 1.81 bits per heavy atom. The summed E-state index contributed by atoms with van der Waals surface area (Å²) in [6.07, 6.45) is 9.73. The van der Waals surface area contributed by atoms with E-state index in [1.807, 2.05) is 0 Å². The lowest BCUT2D eigenvalue weighted by molar-refractivity contribution is -0.174. The second kappa shape index (κ2) is 17.2. The third-order valence-electron chi connectivity index (χ3n) is 6.96.